The first-order valence-electron chi connectivity index (χ1n) is 8.10. The van der Waals surface area contributed by atoms with Crippen LogP contribution in [0.1, 0.15) is 50.1 Å². The van der Waals surface area contributed by atoms with Crippen molar-refractivity contribution in [3.8, 4) is 0 Å². The molecule has 4 rings (SSSR count). The Morgan fingerprint density at radius 2 is 1.70 bits per heavy atom. The monoisotopic (exact) mass is 272 g/mol. The van der Waals surface area contributed by atoms with Gasteiger partial charge in [0.25, 0.3) is 0 Å². The third-order valence-corrected chi connectivity index (χ3v) is 5.62. The average molecular weight is 272 g/mol. The second-order valence-electron chi connectivity index (χ2n) is 6.74. The summed E-state index contributed by atoms with van der Waals surface area (Å²) in [5.41, 5.74) is 1.28. The van der Waals surface area contributed by atoms with E-state index in [1.165, 1.54) is 44.2 Å². The summed E-state index contributed by atoms with van der Waals surface area (Å²) >= 11 is 0. The maximum Gasteiger partial charge on any atom is 0.132 e. The van der Waals surface area contributed by atoms with Crippen LogP contribution in [-0.4, -0.2) is 47.1 Å². The molecule has 2 aliphatic heterocycles. The van der Waals surface area contributed by atoms with Crippen molar-refractivity contribution in [2.75, 3.05) is 25.0 Å². The Morgan fingerprint density at radius 3 is 2.40 bits per heavy atom. The lowest BCUT2D eigenvalue weighted by Crippen LogP contribution is -2.52. The third kappa shape index (κ3) is 2.10. The molecule has 0 radical (unpaired) electrons. The zero-order chi connectivity index (χ0) is 13.5. The number of piperazine rings is 1. The minimum Gasteiger partial charge on any atom is -0.353 e. The number of likely N-dealkylation sites (N-methyl/N-ethyl adjacent to an activating group) is 1. The lowest BCUT2D eigenvalue weighted by atomic mass is 10.0. The molecule has 1 aromatic heterocycles. The van der Waals surface area contributed by atoms with Crippen LogP contribution in [0.25, 0.3) is 0 Å². The van der Waals surface area contributed by atoms with E-state index in [4.69, 9.17) is 0 Å². The van der Waals surface area contributed by atoms with Gasteiger partial charge in [0.05, 0.1) is 0 Å². The molecule has 20 heavy (non-hydrogen) atoms. The fourth-order valence-electron chi connectivity index (χ4n) is 4.28. The Labute approximate surface area is 121 Å². The first kappa shape index (κ1) is 12.6. The van der Waals surface area contributed by atoms with Crippen molar-refractivity contribution in [3.05, 3.63) is 18.1 Å². The minimum absolute atomic E-state index is 0.681. The lowest BCUT2D eigenvalue weighted by Gasteiger charge is -2.39. The second-order valence-corrected chi connectivity index (χ2v) is 6.74. The van der Waals surface area contributed by atoms with Gasteiger partial charge in [0, 0.05) is 42.9 Å². The van der Waals surface area contributed by atoms with Gasteiger partial charge in [-0.1, -0.05) is 12.8 Å². The molecule has 108 valence electrons. The topological polar surface area (TPSA) is 32.3 Å². The predicted molar refractivity (Wildman–Crippen MR) is 80.0 cm³/mol. The Morgan fingerprint density at radius 1 is 1.00 bits per heavy atom. The van der Waals surface area contributed by atoms with Crippen LogP contribution in [-0.2, 0) is 0 Å². The summed E-state index contributed by atoms with van der Waals surface area (Å²) in [4.78, 5) is 14.1. The Hall–Kier alpha value is -1.16. The van der Waals surface area contributed by atoms with Crippen molar-refractivity contribution in [2.45, 2.75) is 56.5 Å². The summed E-state index contributed by atoms with van der Waals surface area (Å²) in [6.07, 6.45) is 9.82. The van der Waals surface area contributed by atoms with E-state index in [9.17, 15) is 0 Å². The normalized spacial score (nSPS) is 31.1. The second kappa shape index (κ2) is 4.99. The van der Waals surface area contributed by atoms with Crippen LogP contribution in [0.4, 0.5) is 5.82 Å². The van der Waals surface area contributed by atoms with Crippen LogP contribution in [0, 0.1) is 0 Å². The highest BCUT2D eigenvalue weighted by atomic mass is 15.3. The number of hydrogen-bond donors (Lipinski definition) is 0. The highest BCUT2D eigenvalue weighted by molar-refractivity contribution is 5.41. The largest absolute Gasteiger partial charge is 0.353 e. The van der Waals surface area contributed by atoms with Gasteiger partial charge < -0.3 is 4.90 Å². The number of nitrogens with zero attached hydrogens (tertiary/aromatic N) is 4. The molecular formula is C16H24N4. The number of rotatable bonds is 2. The van der Waals surface area contributed by atoms with Gasteiger partial charge in [0.15, 0.2) is 0 Å². The van der Waals surface area contributed by atoms with Gasteiger partial charge in [-0.3, -0.25) is 4.90 Å². The molecular weight excluding hydrogens is 248 g/mol. The van der Waals surface area contributed by atoms with Crippen LogP contribution < -0.4 is 4.90 Å². The van der Waals surface area contributed by atoms with Crippen LogP contribution >= 0.6 is 0 Å². The Kier molecular flexibility index (Phi) is 3.14. The number of fused-ring (bicyclic) bond motifs is 2. The van der Waals surface area contributed by atoms with Gasteiger partial charge in [-0.25, -0.2) is 9.97 Å². The molecule has 0 spiro atoms. The summed E-state index contributed by atoms with van der Waals surface area (Å²) in [5.74, 6) is 1.84. The molecule has 4 heteroatoms. The molecule has 3 fully saturated rings. The van der Waals surface area contributed by atoms with Crippen LogP contribution in [0.2, 0.25) is 0 Å². The van der Waals surface area contributed by atoms with Crippen LogP contribution in [0.15, 0.2) is 12.4 Å². The van der Waals surface area contributed by atoms with E-state index in [1.54, 1.807) is 6.33 Å². The molecule has 1 saturated carbocycles. The summed E-state index contributed by atoms with van der Waals surface area (Å²) in [7, 11) is 2.28. The first-order valence-corrected chi connectivity index (χ1v) is 8.10. The molecule has 1 aliphatic carbocycles. The van der Waals surface area contributed by atoms with Gasteiger partial charge in [0.1, 0.15) is 12.1 Å². The van der Waals surface area contributed by atoms with Gasteiger partial charge in [-0.05, 0) is 32.7 Å². The summed E-state index contributed by atoms with van der Waals surface area (Å²) in [6.45, 7) is 2.27. The average Bonchev–Trinajstić information content (AvgIpc) is 3.06. The van der Waals surface area contributed by atoms with E-state index < -0.39 is 0 Å². The van der Waals surface area contributed by atoms with E-state index >= 15 is 0 Å². The standard InChI is InChI=1S/C16H24N4/c1-19-13-6-7-14(19)10-20(9-13)16-8-15(17-11-18-16)12-4-2-3-5-12/h8,11-14H,2-7,9-10H2,1H3. The highest BCUT2D eigenvalue weighted by Crippen LogP contribution is 2.35. The summed E-state index contributed by atoms with van der Waals surface area (Å²) in [5, 5.41) is 0. The predicted octanol–water partition coefficient (Wildman–Crippen LogP) is 2.42. The van der Waals surface area contributed by atoms with Crippen molar-refractivity contribution in [3.63, 3.8) is 0 Å². The summed E-state index contributed by atoms with van der Waals surface area (Å²) < 4.78 is 0. The van der Waals surface area contributed by atoms with Crippen molar-refractivity contribution < 1.29 is 0 Å². The van der Waals surface area contributed by atoms with Crippen molar-refractivity contribution >= 4 is 5.82 Å². The quantitative estimate of drug-likeness (QED) is 0.827. The molecule has 0 N–H and O–H groups in total. The van der Waals surface area contributed by atoms with Crippen LogP contribution in [0.3, 0.4) is 0 Å². The highest BCUT2D eigenvalue weighted by Gasteiger charge is 2.37. The lowest BCUT2D eigenvalue weighted by molar-refractivity contribution is 0.212. The molecule has 2 unspecified atom stereocenters. The fraction of sp³-hybridized carbons (Fsp3) is 0.750. The zero-order valence-corrected chi connectivity index (χ0v) is 12.3. The number of aromatic nitrogens is 2. The zero-order valence-electron chi connectivity index (χ0n) is 12.3. The number of hydrogen-bond acceptors (Lipinski definition) is 4. The van der Waals surface area contributed by atoms with E-state index in [2.05, 4.69) is 32.9 Å². The minimum atomic E-state index is 0.681. The Balaban J connectivity index is 1.55. The molecule has 2 atom stereocenters. The maximum absolute atomic E-state index is 4.55. The molecule has 3 heterocycles. The first-order chi connectivity index (χ1) is 9.81. The molecule has 0 aromatic carbocycles. The van der Waals surface area contributed by atoms with E-state index in [0.717, 1.165) is 31.0 Å². The molecule has 0 amide bonds. The van der Waals surface area contributed by atoms with Gasteiger partial charge in [-0.15, -0.1) is 0 Å². The summed E-state index contributed by atoms with van der Waals surface area (Å²) in [6, 6.07) is 3.71. The van der Waals surface area contributed by atoms with Crippen molar-refractivity contribution in [1.82, 2.24) is 14.9 Å². The van der Waals surface area contributed by atoms with Gasteiger partial charge >= 0.3 is 0 Å². The van der Waals surface area contributed by atoms with Crippen LogP contribution in [0.5, 0.6) is 0 Å². The molecule has 2 bridgehead atoms. The molecule has 4 nitrogen and oxygen atoms in total. The van der Waals surface area contributed by atoms with E-state index in [0.29, 0.717) is 5.92 Å². The molecule has 2 saturated heterocycles. The number of anilines is 1. The van der Waals surface area contributed by atoms with Gasteiger partial charge in [-0.2, -0.15) is 0 Å². The van der Waals surface area contributed by atoms with E-state index in [-0.39, 0.29) is 0 Å². The van der Waals surface area contributed by atoms with Crippen molar-refractivity contribution in [2.24, 2.45) is 0 Å². The van der Waals surface area contributed by atoms with Crippen molar-refractivity contribution in [1.29, 1.82) is 0 Å². The van der Waals surface area contributed by atoms with E-state index in [1.807, 2.05) is 0 Å². The molecule has 3 aliphatic rings. The third-order valence-electron chi connectivity index (χ3n) is 5.62. The Bertz CT molecular complexity index is 469. The SMILES string of the molecule is CN1C2CCC1CN(c1cc(C3CCCC3)ncn1)C2. The smallest absolute Gasteiger partial charge is 0.132 e. The molecule has 1 aromatic rings. The van der Waals surface area contributed by atoms with Gasteiger partial charge in [0.2, 0.25) is 0 Å². The fourth-order valence-corrected chi connectivity index (χ4v) is 4.28. The maximum atomic E-state index is 4.55.